The lowest BCUT2D eigenvalue weighted by atomic mass is 10.0. The molecule has 4 rings (SSSR count). The zero-order valence-electron chi connectivity index (χ0n) is 16.7. The van der Waals surface area contributed by atoms with Crippen LogP contribution in [0.5, 0.6) is 0 Å². The molecule has 2 atom stereocenters. The Labute approximate surface area is 188 Å². The number of carboxylic acids is 1. The Kier molecular flexibility index (Phi) is 6.70. The van der Waals surface area contributed by atoms with Crippen molar-refractivity contribution < 1.29 is 19.8 Å². The van der Waals surface area contributed by atoms with Crippen LogP contribution >= 0.6 is 23.1 Å². The Morgan fingerprint density at radius 1 is 1.19 bits per heavy atom. The highest BCUT2D eigenvalue weighted by Gasteiger charge is 2.32. The zero-order chi connectivity index (χ0) is 21.8. The van der Waals surface area contributed by atoms with E-state index in [1.54, 1.807) is 0 Å². The molecular weight excluding hydrogens is 432 g/mol. The summed E-state index contributed by atoms with van der Waals surface area (Å²) in [6.07, 6.45) is 2.69. The van der Waals surface area contributed by atoms with Crippen molar-refractivity contribution in [1.82, 2.24) is 4.98 Å². The number of benzene rings is 2. The van der Waals surface area contributed by atoms with E-state index in [9.17, 15) is 14.7 Å². The van der Waals surface area contributed by atoms with Gasteiger partial charge in [0.15, 0.2) is 4.34 Å². The summed E-state index contributed by atoms with van der Waals surface area (Å²) in [5, 5.41) is 19.8. The third-order valence-corrected chi connectivity index (χ3v) is 7.45. The molecule has 6 nitrogen and oxygen atoms in total. The molecule has 8 heteroatoms. The molecule has 0 spiro atoms. The molecule has 1 aliphatic rings. The van der Waals surface area contributed by atoms with Gasteiger partial charge in [0.1, 0.15) is 11.0 Å². The molecular formula is C23H22N2O4S2. The molecule has 1 amide bonds. The van der Waals surface area contributed by atoms with Crippen LogP contribution in [0.1, 0.15) is 46.2 Å². The number of carboxylic acid groups (broad SMARTS) is 1. The Morgan fingerprint density at radius 2 is 1.97 bits per heavy atom. The molecule has 1 saturated heterocycles. The summed E-state index contributed by atoms with van der Waals surface area (Å²) in [4.78, 5) is 29.8. The van der Waals surface area contributed by atoms with Crippen molar-refractivity contribution in [2.45, 2.75) is 35.7 Å². The number of thioether (sulfide) groups is 1. The molecule has 3 aromatic rings. The van der Waals surface area contributed by atoms with Crippen LogP contribution in [0.2, 0.25) is 0 Å². The van der Waals surface area contributed by atoms with Crippen molar-refractivity contribution in [3.8, 4) is 0 Å². The number of aromatic carboxylic acids is 1. The normalized spacial score (nSPS) is 17.1. The number of aromatic nitrogens is 1. The highest BCUT2D eigenvalue weighted by Crippen LogP contribution is 2.33. The predicted octanol–water partition coefficient (Wildman–Crippen LogP) is 4.60. The molecule has 1 fully saturated rings. The number of amides is 1. The molecule has 2 heterocycles. The minimum absolute atomic E-state index is 0.0722. The maximum Gasteiger partial charge on any atom is 0.347 e. The second-order valence-electron chi connectivity index (χ2n) is 7.30. The van der Waals surface area contributed by atoms with Gasteiger partial charge in [0.05, 0.1) is 6.20 Å². The maximum atomic E-state index is 12.6. The number of nitrogens with zero attached hydrogens (tertiary/aromatic N) is 2. The van der Waals surface area contributed by atoms with Crippen molar-refractivity contribution in [1.29, 1.82) is 0 Å². The number of aliphatic hydroxyl groups excluding tert-OH is 1. The van der Waals surface area contributed by atoms with Gasteiger partial charge < -0.3 is 15.1 Å². The van der Waals surface area contributed by atoms with E-state index in [1.165, 1.54) is 29.3 Å². The van der Waals surface area contributed by atoms with Crippen LogP contribution in [0, 0.1) is 0 Å². The topological polar surface area (TPSA) is 90.7 Å². The van der Waals surface area contributed by atoms with Crippen LogP contribution in [0.15, 0.2) is 65.1 Å². The van der Waals surface area contributed by atoms with Crippen molar-refractivity contribution in [2.75, 3.05) is 10.7 Å². The average molecular weight is 455 g/mol. The lowest BCUT2D eigenvalue weighted by Crippen LogP contribution is -2.33. The Bertz CT molecular complexity index is 1070. The van der Waals surface area contributed by atoms with Gasteiger partial charge in [-0.05, 0) is 36.1 Å². The lowest BCUT2D eigenvalue weighted by molar-refractivity contribution is -0.117. The first-order valence-corrected chi connectivity index (χ1v) is 11.8. The van der Waals surface area contributed by atoms with E-state index in [2.05, 4.69) is 4.98 Å². The molecule has 1 aliphatic heterocycles. The predicted molar refractivity (Wildman–Crippen MR) is 122 cm³/mol. The van der Waals surface area contributed by atoms with Crippen molar-refractivity contribution in [3.63, 3.8) is 0 Å². The lowest BCUT2D eigenvalue weighted by Gasteiger charge is -2.26. The van der Waals surface area contributed by atoms with E-state index in [4.69, 9.17) is 5.11 Å². The smallest absolute Gasteiger partial charge is 0.347 e. The second-order valence-corrected chi connectivity index (χ2v) is 9.67. The van der Waals surface area contributed by atoms with Gasteiger partial charge in [-0.1, -0.05) is 54.2 Å². The standard InChI is InChI=1S/C23H22N2O4S2/c26-20-10-9-17(11-12-30-23-24-14-19(31-23)22(28)29)25(20)18-8-4-7-16(13-18)21(27)15-5-2-1-3-6-15/h1-8,13-14,17,21,27H,9-12H2,(H,28,29)/t17-,21?/m1/s1. The second kappa shape index (κ2) is 9.64. The summed E-state index contributed by atoms with van der Waals surface area (Å²) < 4.78 is 0.723. The van der Waals surface area contributed by atoms with Crippen molar-refractivity contribution >= 4 is 40.7 Å². The molecule has 0 radical (unpaired) electrons. The van der Waals surface area contributed by atoms with E-state index in [0.717, 1.165) is 39.7 Å². The van der Waals surface area contributed by atoms with Gasteiger partial charge >= 0.3 is 5.97 Å². The zero-order valence-corrected chi connectivity index (χ0v) is 18.3. The molecule has 31 heavy (non-hydrogen) atoms. The van der Waals surface area contributed by atoms with Gasteiger partial charge in [-0.15, -0.1) is 11.3 Å². The number of hydrogen-bond acceptors (Lipinski definition) is 6. The SMILES string of the molecule is O=C(O)c1cnc(SCC[C@H]2CCC(=O)N2c2cccc(C(O)c3ccccc3)c2)s1. The van der Waals surface area contributed by atoms with E-state index in [0.29, 0.717) is 6.42 Å². The Balaban J connectivity index is 1.44. The van der Waals surface area contributed by atoms with Gasteiger partial charge in [0, 0.05) is 23.9 Å². The Morgan fingerprint density at radius 3 is 2.71 bits per heavy atom. The largest absolute Gasteiger partial charge is 0.477 e. The third kappa shape index (κ3) is 4.98. The molecule has 1 unspecified atom stereocenters. The highest BCUT2D eigenvalue weighted by molar-refractivity contribution is 8.01. The molecule has 2 N–H and O–H groups in total. The fourth-order valence-electron chi connectivity index (χ4n) is 3.75. The minimum Gasteiger partial charge on any atom is -0.477 e. The van der Waals surface area contributed by atoms with Gasteiger partial charge in [-0.25, -0.2) is 9.78 Å². The van der Waals surface area contributed by atoms with E-state index < -0.39 is 12.1 Å². The first-order valence-electron chi connectivity index (χ1n) is 10.00. The molecule has 0 saturated carbocycles. The average Bonchev–Trinajstić information content (AvgIpc) is 3.41. The summed E-state index contributed by atoms with van der Waals surface area (Å²) in [5.41, 5.74) is 2.36. The van der Waals surface area contributed by atoms with Gasteiger partial charge in [0.25, 0.3) is 0 Å². The van der Waals surface area contributed by atoms with Crippen LogP contribution in [0.25, 0.3) is 0 Å². The molecule has 2 aromatic carbocycles. The number of aliphatic hydroxyl groups is 1. The van der Waals surface area contributed by atoms with E-state index in [-0.39, 0.29) is 16.8 Å². The maximum absolute atomic E-state index is 12.6. The fraction of sp³-hybridized carbons (Fsp3) is 0.261. The quantitative estimate of drug-likeness (QED) is 0.484. The highest BCUT2D eigenvalue weighted by atomic mass is 32.2. The van der Waals surface area contributed by atoms with Gasteiger partial charge in [-0.2, -0.15) is 0 Å². The van der Waals surface area contributed by atoms with Crippen LogP contribution in [0.4, 0.5) is 5.69 Å². The summed E-state index contributed by atoms with van der Waals surface area (Å²) in [6.45, 7) is 0. The number of thiazole rings is 1. The number of carbonyl (C=O) groups excluding carboxylic acids is 1. The van der Waals surface area contributed by atoms with Crippen molar-refractivity contribution in [2.24, 2.45) is 0 Å². The van der Waals surface area contributed by atoms with Gasteiger partial charge in [-0.3, -0.25) is 4.79 Å². The monoisotopic (exact) mass is 454 g/mol. The van der Waals surface area contributed by atoms with Crippen LogP contribution in [-0.2, 0) is 4.79 Å². The number of hydrogen-bond donors (Lipinski definition) is 2. The fourth-order valence-corrected chi connectivity index (χ4v) is 5.68. The third-order valence-electron chi connectivity index (χ3n) is 5.28. The summed E-state index contributed by atoms with van der Waals surface area (Å²) in [6, 6.07) is 17.1. The Hall–Kier alpha value is -2.68. The van der Waals surface area contributed by atoms with E-state index in [1.807, 2.05) is 59.5 Å². The first-order chi connectivity index (χ1) is 15.0. The summed E-state index contributed by atoms with van der Waals surface area (Å²) in [5.74, 6) is -0.133. The first kappa shape index (κ1) is 21.5. The molecule has 1 aromatic heterocycles. The molecule has 160 valence electrons. The minimum atomic E-state index is -0.963. The van der Waals surface area contributed by atoms with E-state index >= 15 is 0 Å². The number of anilines is 1. The molecule has 0 bridgehead atoms. The summed E-state index contributed by atoms with van der Waals surface area (Å²) in [7, 11) is 0. The summed E-state index contributed by atoms with van der Waals surface area (Å²) >= 11 is 2.68. The van der Waals surface area contributed by atoms with Crippen LogP contribution in [-0.4, -0.2) is 38.9 Å². The number of carbonyl (C=O) groups is 2. The number of rotatable bonds is 8. The van der Waals surface area contributed by atoms with Crippen LogP contribution < -0.4 is 4.90 Å². The van der Waals surface area contributed by atoms with Crippen LogP contribution in [0.3, 0.4) is 0 Å². The van der Waals surface area contributed by atoms with Crippen molar-refractivity contribution in [3.05, 3.63) is 76.8 Å². The van der Waals surface area contributed by atoms with Gasteiger partial charge in [0.2, 0.25) is 5.91 Å². The molecule has 0 aliphatic carbocycles.